The van der Waals surface area contributed by atoms with Crippen molar-refractivity contribution in [2.75, 3.05) is 39.3 Å². The van der Waals surface area contributed by atoms with Crippen LogP contribution in [0.15, 0.2) is 0 Å². The molecule has 0 unspecified atom stereocenters. The lowest BCUT2D eigenvalue weighted by Gasteiger charge is -2.37. The first-order chi connectivity index (χ1) is 6.54. The standard InChI is InChI=1S/2C5H12N2.2ClH/c2*1-5(2-6)3-7-4-5;;/h2*7H,2-4,6H2,1H3;2*1H. The van der Waals surface area contributed by atoms with Crippen LogP contribution in [-0.4, -0.2) is 39.3 Å². The van der Waals surface area contributed by atoms with Crippen LogP contribution in [0.4, 0.5) is 0 Å². The van der Waals surface area contributed by atoms with Crippen LogP contribution < -0.4 is 22.1 Å². The molecule has 2 fully saturated rings. The predicted molar refractivity (Wildman–Crippen MR) is 74.6 cm³/mol. The molecule has 2 heterocycles. The molecule has 2 aliphatic heterocycles. The van der Waals surface area contributed by atoms with E-state index in [2.05, 4.69) is 24.5 Å². The molecule has 100 valence electrons. The summed E-state index contributed by atoms with van der Waals surface area (Å²) in [6.07, 6.45) is 0. The van der Waals surface area contributed by atoms with Gasteiger partial charge < -0.3 is 22.1 Å². The van der Waals surface area contributed by atoms with Crippen LogP contribution in [0.25, 0.3) is 0 Å². The van der Waals surface area contributed by atoms with Gasteiger partial charge in [-0.3, -0.25) is 0 Å². The van der Waals surface area contributed by atoms with Crippen LogP contribution in [-0.2, 0) is 0 Å². The highest BCUT2D eigenvalue weighted by Gasteiger charge is 2.29. The van der Waals surface area contributed by atoms with E-state index in [0.717, 1.165) is 39.3 Å². The van der Waals surface area contributed by atoms with Gasteiger partial charge in [-0.25, -0.2) is 0 Å². The average Bonchev–Trinajstić information content (AvgIpc) is 2.11. The van der Waals surface area contributed by atoms with Gasteiger partial charge in [0.15, 0.2) is 0 Å². The topological polar surface area (TPSA) is 76.1 Å². The number of nitrogens with two attached hydrogens (primary N) is 2. The normalized spacial score (nSPS) is 23.2. The molecule has 0 aromatic heterocycles. The Morgan fingerprint density at radius 2 is 1.06 bits per heavy atom. The van der Waals surface area contributed by atoms with Gasteiger partial charge in [-0.05, 0) is 0 Å². The lowest BCUT2D eigenvalue weighted by Crippen LogP contribution is -2.55. The molecular weight excluding hydrogens is 247 g/mol. The van der Waals surface area contributed by atoms with Gasteiger partial charge in [0.25, 0.3) is 0 Å². The number of hydrogen-bond donors (Lipinski definition) is 4. The lowest BCUT2D eigenvalue weighted by molar-refractivity contribution is 0.207. The van der Waals surface area contributed by atoms with E-state index >= 15 is 0 Å². The van der Waals surface area contributed by atoms with Gasteiger partial charge in [-0.1, -0.05) is 13.8 Å². The van der Waals surface area contributed by atoms with Crippen molar-refractivity contribution in [2.45, 2.75) is 13.8 Å². The quantitative estimate of drug-likeness (QED) is 0.569. The summed E-state index contributed by atoms with van der Waals surface area (Å²) in [5.41, 5.74) is 11.7. The first-order valence-corrected chi connectivity index (χ1v) is 5.35. The van der Waals surface area contributed by atoms with Gasteiger partial charge in [0.2, 0.25) is 0 Å². The first kappa shape index (κ1) is 18.8. The molecule has 0 aromatic rings. The summed E-state index contributed by atoms with van der Waals surface area (Å²) in [5.74, 6) is 0. The molecule has 0 bridgehead atoms. The van der Waals surface area contributed by atoms with Gasteiger partial charge in [-0.2, -0.15) is 0 Å². The monoisotopic (exact) mass is 272 g/mol. The molecule has 2 rings (SSSR count). The van der Waals surface area contributed by atoms with Crippen molar-refractivity contribution in [2.24, 2.45) is 22.3 Å². The second-order valence-electron chi connectivity index (χ2n) is 5.24. The van der Waals surface area contributed by atoms with Crippen LogP contribution >= 0.6 is 24.8 Å². The Labute approximate surface area is 111 Å². The molecule has 0 amide bonds. The van der Waals surface area contributed by atoms with Gasteiger partial charge in [0.05, 0.1) is 0 Å². The molecule has 0 atom stereocenters. The van der Waals surface area contributed by atoms with E-state index in [9.17, 15) is 0 Å². The number of halogens is 2. The number of hydrogen-bond acceptors (Lipinski definition) is 4. The maximum atomic E-state index is 5.43. The fraction of sp³-hybridized carbons (Fsp3) is 1.00. The largest absolute Gasteiger partial charge is 0.330 e. The molecule has 16 heavy (non-hydrogen) atoms. The zero-order valence-electron chi connectivity index (χ0n) is 10.2. The van der Waals surface area contributed by atoms with Crippen molar-refractivity contribution in [3.8, 4) is 0 Å². The summed E-state index contributed by atoms with van der Waals surface area (Å²) in [6, 6.07) is 0. The van der Waals surface area contributed by atoms with Gasteiger partial charge >= 0.3 is 0 Å². The van der Waals surface area contributed by atoms with Crippen molar-refractivity contribution in [1.29, 1.82) is 0 Å². The molecular formula is C10H26Cl2N4. The summed E-state index contributed by atoms with van der Waals surface area (Å²) in [6.45, 7) is 10.4. The third kappa shape index (κ3) is 5.17. The van der Waals surface area contributed by atoms with E-state index in [-0.39, 0.29) is 24.8 Å². The molecule has 2 saturated heterocycles. The Balaban J connectivity index is 0. The summed E-state index contributed by atoms with van der Waals surface area (Å²) in [4.78, 5) is 0. The van der Waals surface area contributed by atoms with Crippen LogP contribution in [0.5, 0.6) is 0 Å². The average molecular weight is 273 g/mol. The first-order valence-electron chi connectivity index (χ1n) is 5.35. The fourth-order valence-electron chi connectivity index (χ4n) is 1.39. The van der Waals surface area contributed by atoms with Crippen molar-refractivity contribution in [1.82, 2.24) is 10.6 Å². The second-order valence-corrected chi connectivity index (χ2v) is 5.24. The van der Waals surface area contributed by atoms with E-state index in [1.807, 2.05) is 0 Å². The Hall–Kier alpha value is 0.420. The fourth-order valence-corrected chi connectivity index (χ4v) is 1.39. The smallest absolute Gasteiger partial charge is 0.00467 e. The minimum atomic E-state index is 0. The van der Waals surface area contributed by atoms with Crippen molar-refractivity contribution >= 4 is 24.8 Å². The van der Waals surface area contributed by atoms with Crippen molar-refractivity contribution in [3.05, 3.63) is 0 Å². The Morgan fingerprint density at radius 3 is 1.06 bits per heavy atom. The van der Waals surface area contributed by atoms with Crippen LogP contribution in [0.2, 0.25) is 0 Å². The maximum absolute atomic E-state index is 5.43. The molecule has 0 radical (unpaired) electrons. The number of nitrogens with one attached hydrogen (secondary N) is 2. The van der Waals surface area contributed by atoms with Gasteiger partial charge in [-0.15, -0.1) is 24.8 Å². The van der Waals surface area contributed by atoms with E-state index in [1.54, 1.807) is 0 Å². The molecule has 0 aliphatic carbocycles. The summed E-state index contributed by atoms with van der Waals surface area (Å²) in [7, 11) is 0. The van der Waals surface area contributed by atoms with Gasteiger partial charge in [0, 0.05) is 50.1 Å². The second kappa shape index (κ2) is 7.69. The third-order valence-electron chi connectivity index (χ3n) is 3.19. The zero-order valence-corrected chi connectivity index (χ0v) is 11.8. The van der Waals surface area contributed by atoms with E-state index in [0.29, 0.717) is 10.8 Å². The summed E-state index contributed by atoms with van der Waals surface area (Å²) >= 11 is 0. The van der Waals surface area contributed by atoms with E-state index < -0.39 is 0 Å². The SMILES string of the molecule is CC1(CN)CNC1.CC1(CN)CNC1.Cl.Cl. The van der Waals surface area contributed by atoms with Gasteiger partial charge in [0.1, 0.15) is 0 Å². The highest BCUT2D eigenvalue weighted by molar-refractivity contribution is 5.85. The molecule has 0 spiro atoms. The molecule has 2 aliphatic rings. The minimum absolute atomic E-state index is 0. The lowest BCUT2D eigenvalue weighted by atomic mass is 9.85. The van der Waals surface area contributed by atoms with Crippen LogP contribution in [0.3, 0.4) is 0 Å². The summed E-state index contributed by atoms with van der Waals surface area (Å²) < 4.78 is 0. The minimum Gasteiger partial charge on any atom is -0.330 e. The predicted octanol–water partition coefficient (Wildman–Crippen LogP) is -0.0472. The van der Waals surface area contributed by atoms with E-state index in [1.165, 1.54) is 0 Å². The third-order valence-corrected chi connectivity index (χ3v) is 3.19. The Morgan fingerprint density at radius 1 is 0.812 bits per heavy atom. The van der Waals surface area contributed by atoms with E-state index in [4.69, 9.17) is 11.5 Å². The highest BCUT2D eigenvalue weighted by atomic mass is 35.5. The maximum Gasteiger partial charge on any atom is 0.00467 e. The number of rotatable bonds is 2. The molecule has 0 aromatic carbocycles. The molecule has 6 heteroatoms. The van der Waals surface area contributed by atoms with Crippen LogP contribution in [0, 0.1) is 10.8 Å². The molecule has 6 N–H and O–H groups in total. The zero-order chi connectivity index (χ0) is 10.7. The molecule has 4 nitrogen and oxygen atoms in total. The highest BCUT2D eigenvalue weighted by Crippen LogP contribution is 2.18. The van der Waals surface area contributed by atoms with Crippen molar-refractivity contribution in [3.63, 3.8) is 0 Å². The molecule has 0 saturated carbocycles. The summed E-state index contributed by atoms with van der Waals surface area (Å²) in [5, 5.41) is 6.35. The Kier molecular flexibility index (Phi) is 9.02. The van der Waals surface area contributed by atoms with Crippen LogP contribution in [0.1, 0.15) is 13.8 Å². The Bertz CT molecular complexity index is 151. The van der Waals surface area contributed by atoms with Crippen molar-refractivity contribution < 1.29 is 0 Å².